The molecule has 0 aliphatic carbocycles. The Morgan fingerprint density at radius 3 is 3.07 bits per heavy atom. The molecule has 0 radical (unpaired) electrons. The number of nitrogens with zero attached hydrogens (tertiary/aromatic N) is 1. The van der Waals surface area contributed by atoms with Crippen LogP contribution in [0.4, 0.5) is 0 Å². The van der Waals surface area contributed by atoms with Gasteiger partial charge in [0.25, 0.3) is 0 Å². The molecule has 0 bridgehead atoms. The summed E-state index contributed by atoms with van der Waals surface area (Å²) in [5.41, 5.74) is 0. The molecule has 0 saturated carbocycles. The quantitative estimate of drug-likeness (QED) is 0.629. The second-order valence-electron chi connectivity index (χ2n) is 4.20. The minimum Gasteiger partial charge on any atom is -0.391 e. The van der Waals surface area contributed by atoms with E-state index in [1.165, 1.54) is 12.8 Å². The SMILES string of the molecule is C#C/C=C\[C@@H]1C[C@@H](O)[C@@H]2CCCCN12. The van der Waals surface area contributed by atoms with Gasteiger partial charge in [-0.25, -0.2) is 0 Å². The molecule has 2 fully saturated rings. The highest BCUT2D eigenvalue weighted by Crippen LogP contribution is 2.32. The van der Waals surface area contributed by atoms with Crippen LogP contribution in [-0.2, 0) is 0 Å². The van der Waals surface area contributed by atoms with E-state index in [0.717, 1.165) is 19.4 Å². The number of piperidine rings is 1. The van der Waals surface area contributed by atoms with E-state index in [9.17, 15) is 5.11 Å². The van der Waals surface area contributed by atoms with Crippen LogP contribution in [-0.4, -0.2) is 34.7 Å². The molecular weight excluding hydrogens is 174 g/mol. The van der Waals surface area contributed by atoms with Gasteiger partial charge in [0, 0.05) is 12.1 Å². The molecule has 0 aromatic rings. The van der Waals surface area contributed by atoms with Crippen molar-refractivity contribution < 1.29 is 5.11 Å². The van der Waals surface area contributed by atoms with Gasteiger partial charge in [-0.1, -0.05) is 18.4 Å². The molecule has 0 amide bonds. The number of aliphatic hydroxyl groups is 1. The Bertz CT molecular complexity index is 266. The van der Waals surface area contributed by atoms with Gasteiger partial charge in [0.05, 0.1) is 6.10 Å². The molecule has 0 unspecified atom stereocenters. The lowest BCUT2D eigenvalue weighted by Crippen LogP contribution is -2.41. The summed E-state index contributed by atoms with van der Waals surface area (Å²) in [5.74, 6) is 2.52. The fraction of sp³-hybridized carbons (Fsp3) is 0.667. The molecule has 0 aromatic heterocycles. The van der Waals surface area contributed by atoms with Crippen LogP contribution in [0.5, 0.6) is 0 Å². The third kappa shape index (κ3) is 1.70. The first-order valence-electron chi connectivity index (χ1n) is 5.39. The number of rotatable bonds is 1. The summed E-state index contributed by atoms with van der Waals surface area (Å²) in [5, 5.41) is 9.87. The molecule has 2 heterocycles. The first-order valence-corrected chi connectivity index (χ1v) is 5.39. The molecule has 2 aliphatic rings. The highest BCUT2D eigenvalue weighted by molar-refractivity contribution is 5.14. The van der Waals surface area contributed by atoms with E-state index in [1.54, 1.807) is 6.08 Å². The minimum absolute atomic E-state index is 0.150. The van der Waals surface area contributed by atoms with Crippen LogP contribution in [0.2, 0.25) is 0 Å². The fourth-order valence-corrected chi connectivity index (χ4v) is 2.70. The van der Waals surface area contributed by atoms with Crippen LogP contribution in [0.1, 0.15) is 25.7 Å². The molecule has 76 valence electrons. The summed E-state index contributed by atoms with van der Waals surface area (Å²) in [6.07, 6.45) is 13.3. The van der Waals surface area contributed by atoms with E-state index in [4.69, 9.17) is 6.42 Å². The summed E-state index contributed by atoms with van der Waals surface area (Å²) in [6, 6.07) is 0.752. The van der Waals surface area contributed by atoms with Crippen molar-refractivity contribution >= 4 is 0 Å². The van der Waals surface area contributed by atoms with E-state index in [2.05, 4.69) is 16.9 Å². The Kier molecular flexibility index (Phi) is 2.90. The van der Waals surface area contributed by atoms with Gasteiger partial charge >= 0.3 is 0 Å². The van der Waals surface area contributed by atoms with Crippen molar-refractivity contribution in [3.05, 3.63) is 12.2 Å². The van der Waals surface area contributed by atoms with Crippen molar-refractivity contribution in [1.29, 1.82) is 0 Å². The number of allylic oxidation sites excluding steroid dienone is 1. The van der Waals surface area contributed by atoms with E-state index < -0.39 is 0 Å². The lowest BCUT2D eigenvalue weighted by atomic mass is 10.0. The molecule has 1 N–H and O–H groups in total. The Hall–Kier alpha value is -0.780. The van der Waals surface area contributed by atoms with Gasteiger partial charge in [0.2, 0.25) is 0 Å². The number of fused-ring (bicyclic) bond motifs is 1. The smallest absolute Gasteiger partial charge is 0.0713 e. The number of hydrogen-bond donors (Lipinski definition) is 1. The van der Waals surface area contributed by atoms with E-state index in [1.807, 2.05) is 0 Å². The normalized spacial score (nSPS) is 38.4. The van der Waals surface area contributed by atoms with E-state index in [0.29, 0.717) is 12.1 Å². The van der Waals surface area contributed by atoms with Gasteiger partial charge in [0.15, 0.2) is 0 Å². The maximum atomic E-state index is 9.87. The third-order valence-corrected chi connectivity index (χ3v) is 3.36. The average molecular weight is 191 g/mol. The van der Waals surface area contributed by atoms with Crippen molar-refractivity contribution in [2.45, 2.75) is 43.9 Å². The minimum atomic E-state index is -0.150. The lowest BCUT2D eigenvalue weighted by Gasteiger charge is -2.33. The molecule has 2 rings (SSSR count). The average Bonchev–Trinajstić information content (AvgIpc) is 2.54. The van der Waals surface area contributed by atoms with Crippen LogP contribution < -0.4 is 0 Å². The van der Waals surface area contributed by atoms with Gasteiger partial charge in [-0.2, -0.15) is 0 Å². The molecule has 2 aliphatic heterocycles. The molecular formula is C12H17NO. The summed E-state index contributed by atoms with van der Waals surface area (Å²) in [7, 11) is 0. The van der Waals surface area contributed by atoms with Crippen molar-refractivity contribution in [1.82, 2.24) is 4.90 Å². The highest BCUT2D eigenvalue weighted by Gasteiger charge is 2.39. The Morgan fingerprint density at radius 1 is 1.43 bits per heavy atom. The first kappa shape index (κ1) is 9.76. The summed E-state index contributed by atoms with van der Waals surface area (Å²) >= 11 is 0. The van der Waals surface area contributed by atoms with Crippen LogP contribution in [0, 0.1) is 12.3 Å². The van der Waals surface area contributed by atoms with Crippen LogP contribution in [0.15, 0.2) is 12.2 Å². The molecule has 14 heavy (non-hydrogen) atoms. The predicted octanol–water partition coefficient (Wildman–Crippen LogP) is 1.16. The van der Waals surface area contributed by atoms with Crippen molar-refractivity contribution in [3.8, 4) is 12.3 Å². The molecule has 2 heteroatoms. The standard InChI is InChI=1S/C12H17NO/c1-2-3-6-10-9-12(14)11-7-4-5-8-13(10)11/h1,3,6,10-12,14H,4-5,7-9H2/b6-3-/t10-,11+,12-/m1/s1. The molecule has 2 saturated heterocycles. The zero-order valence-electron chi connectivity index (χ0n) is 8.39. The van der Waals surface area contributed by atoms with Crippen molar-refractivity contribution in [3.63, 3.8) is 0 Å². The van der Waals surface area contributed by atoms with Crippen LogP contribution in [0.25, 0.3) is 0 Å². The number of hydrogen-bond acceptors (Lipinski definition) is 2. The topological polar surface area (TPSA) is 23.5 Å². The monoisotopic (exact) mass is 191 g/mol. The number of aliphatic hydroxyl groups excluding tert-OH is 1. The van der Waals surface area contributed by atoms with Crippen molar-refractivity contribution in [2.75, 3.05) is 6.54 Å². The molecule has 2 nitrogen and oxygen atoms in total. The predicted molar refractivity (Wildman–Crippen MR) is 56.7 cm³/mol. The maximum absolute atomic E-state index is 9.87. The second-order valence-corrected chi connectivity index (χ2v) is 4.20. The van der Waals surface area contributed by atoms with E-state index in [-0.39, 0.29) is 6.10 Å². The zero-order chi connectivity index (χ0) is 9.97. The third-order valence-electron chi connectivity index (χ3n) is 3.36. The molecule has 0 spiro atoms. The van der Waals surface area contributed by atoms with Crippen LogP contribution in [0.3, 0.4) is 0 Å². The molecule has 0 aromatic carbocycles. The van der Waals surface area contributed by atoms with Gasteiger partial charge < -0.3 is 5.11 Å². The Morgan fingerprint density at radius 2 is 2.29 bits per heavy atom. The van der Waals surface area contributed by atoms with Crippen LogP contribution >= 0.6 is 0 Å². The second kappa shape index (κ2) is 4.16. The Balaban J connectivity index is 2.06. The van der Waals surface area contributed by atoms with Gasteiger partial charge in [-0.3, -0.25) is 4.90 Å². The first-order chi connectivity index (χ1) is 6.83. The van der Waals surface area contributed by atoms with Gasteiger partial charge in [-0.15, -0.1) is 6.42 Å². The zero-order valence-corrected chi connectivity index (χ0v) is 8.39. The molecule has 3 atom stereocenters. The maximum Gasteiger partial charge on any atom is 0.0713 e. The largest absolute Gasteiger partial charge is 0.391 e. The lowest BCUT2D eigenvalue weighted by molar-refractivity contribution is 0.0862. The van der Waals surface area contributed by atoms with Gasteiger partial charge in [0.1, 0.15) is 0 Å². The highest BCUT2D eigenvalue weighted by atomic mass is 16.3. The van der Waals surface area contributed by atoms with E-state index >= 15 is 0 Å². The van der Waals surface area contributed by atoms with Crippen molar-refractivity contribution in [2.24, 2.45) is 0 Å². The summed E-state index contributed by atoms with van der Waals surface area (Å²) in [6.45, 7) is 1.11. The fourth-order valence-electron chi connectivity index (χ4n) is 2.70. The Labute approximate surface area is 85.6 Å². The van der Waals surface area contributed by atoms with Gasteiger partial charge in [-0.05, 0) is 31.9 Å². The summed E-state index contributed by atoms with van der Waals surface area (Å²) < 4.78 is 0. The summed E-state index contributed by atoms with van der Waals surface area (Å²) in [4.78, 5) is 2.40. The number of terminal acetylenes is 1.